The molecule has 1 saturated heterocycles. The third-order valence-corrected chi connectivity index (χ3v) is 4.50. The van der Waals surface area contributed by atoms with Gasteiger partial charge in [0.2, 0.25) is 0 Å². The molecule has 0 bridgehead atoms. The molecule has 5 heteroatoms. The molecule has 1 aromatic carbocycles. The molecule has 0 aliphatic carbocycles. The van der Waals surface area contributed by atoms with Gasteiger partial charge in [-0.2, -0.15) is 0 Å². The molecule has 4 nitrogen and oxygen atoms in total. The van der Waals surface area contributed by atoms with Crippen LogP contribution in [0.15, 0.2) is 30.3 Å². The summed E-state index contributed by atoms with van der Waals surface area (Å²) in [5.41, 5.74) is 0.282. The van der Waals surface area contributed by atoms with Crippen LogP contribution >= 0.6 is 0 Å². The van der Waals surface area contributed by atoms with Gasteiger partial charge in [-0.05, 0) is 26.3 Å². The van der Waals surface area contributed by atoms with Crippen molar-refractivity contribution in [3.63, 3.8) is 0 Å². The summed E-state index contributed by atoms with van der Waals surface area (Å²) in [6.45, 7) is 8.47. The molecule has 0 aromatic heterocycles. The number of carbonyl (C=O) groups excluding carboxylic acids is 1. The standard InChI is InChI=1S/C18H25BO4/c1-12-10-21-16(19)15(12)23-18(3,4)13(2)17(20)22-11-14-8-6-5-7-9-14/h5-9,12-13,15-16H,10-11H2,1-4H3/t12?,13?,15?,16-/m1/s1. The predicted molar refractivity (Wildman–Crippen MR) is 89.0 cm³/mol. The molecule has 2 radical (unpaired) electrons. The van der Waals surface area contributed by atoms with Crippen LogP contribution in [0.3, 0.4) is 0 Å². The number of carbonyl (C=O) groups is 1. The molecule has 1 aliphatic heterocycles. The van der Waals surface area contributed by atoms with Gasteiger partial charge in [0.25, 0.3) is 0 Å². The second-order valence-electron chi connectivity index (χ2n) is 6.78. The zero-order chi connectivity index (χ0) is 17.0. The van der Waals surface area contributed by atoms with Crippen molar-refractivity contribution in [3.05, 3.63) is 35.9 Å². The minimum atomic E-state index is -0.683. The van der Waals surface area contributed by atoms with E-state index in [0.717, 1.165) is 5.56 Å². The number of hydrogen-bond acceptors (Lipinski definition) is 4. The molecule has 4 atom stereocenters. The van der Waals surface area contributed by atoms with Crippen molar-refractivity contribution < 1.29 is 19.0 Å². The zero-order valence-corrected chi connectivity index (χ0v) is 14.3. The van der Waals surface area contributed by atoms with Gasteiger partial charge in [0.1, 0.15) is 14.5 Å². The smallest absolute Gasteiger partial charge is 0.311 e. The summed E-state index contributed by atoms with van der Waals surface area (Å²) < 4.78 is 16.9. The lowest BCUT2D eigenvalue weighted by Gasteiger charge is -2.35. The van der Waals surface area contributed by atoms with Crippen molar-refractivity contribution >= 4 is 13.8 Å². The van der Waals surface area contributed by atoms with E-state index in [4.69, 9.17) is 22.1 Å². The first kappa shape index (κ1) is 18.0. The molecule has 1 aliphatic rings. The molecule has 3 unspecified atom stereocenters. The monoisotopic (exact) mass is 316 g/mol. The Morgan fingerprint density at radius 1 is 1.39 bits per heavy atom. The quantitative estimate of drug-likeness (QED) is 0.598. The molecule has 0 spiro atoms. The second-order valence-corrected chi connectivity index (χ2v) is 6.78. The van der Waals surface area contributed by atoms with Crippen LogP contribution in [0.25, 0.3) is 0 Å². The van der Waals surface area contributed by atoms with Gasteiger partial charge in [-0.3, -0.25) is 4.79 Å². The third kappa shape index (κ3) is 4.58. The van der Waals surface area contributed by atoms with Crippen molar-refractivity contribution in [2.75, 3.05) is 6.61 Å². The first-order chi connectivity index (χ1) is 10.8. The highest BCUT2D eigenvalue weighted by atomic mass is 16.6. The van der Waals surface area contributed by atoms with Gasteiger partial charge in [0.05, 0.1) is 24.2 Å². The maximum Gasteiger partial charge on any atom is 0.311 e. The predicted octanol–water partition coefficient (Wildman–Crippen LogP) is 2.69. The van der Waals surface area contributed by atoms with E-state index in [1.165, 1.54) is 0 Å². The van der Waals surface area contributed by atoms with Crippen LogP contribution in [-0.2, 0) is 25.6 Å². The number of esters is 1. The molecule has 1 aromatic rings. The Kier molecular flexibility index (Phi) is 5.87. The van der Waals surface area contributed by atoms with E-state index in [2.05, 4.69) is 0 Å². The largest absolute Gasteiger partial charge is 0.461 e. The molecule has 1 heterocycles. The molecule has 124 valence electrons. The summed E-state index contributed by atoms with van der Waals surface area (Å²) in [6, 6.07) is 9.17. The lowest BCUT2D eigenvalue weighted by atomic mass is 9.87. The van der Waals surface area contributed by atoms with Crippen molar-refractivity contribution in [3.8, 4) is 0 Å². The Balaban J connectivity index is 1.91. The lowest BCUT2D eigenvalue weighted by molar-refractivity contribution is -0.169. The highest BCUT2D eigenvalue weighted by Crippen LogP contribution is 2.31. The van der Waals surface area contributed by atoms with Gasteiger partial charge in [-0.15, -0.1) is 0 Å². The van der Waals surface area contributed by atoms with Gasteiger partial charge in [0, 0.05) is 11.9 Å². The summed E-state index contributed by atoms with van der Waals surface area (Å²) in [4.78, 5) is 12.3. The van der Waals surface area contributed by atoms with Crippen LogP contribution in [0.4, 0.5) is 0 Å². The van der Waals surface area contributed by atoms with E-state index >= 15 is 0 Å². The van der Waals surface area contributed by atoms with E-state index in [-0.39, 0.29) is 24.6 Å². The zero-order valence-electron chi connectivity index (χ0n) is 14.3. The van der Waals surface area contributed by atoms with Gasteiger partial charge in [-0.25, -0.2) is 0 Å². The van der Waals surface area contributed by atoms with Crippen LogP contribution < -0.4 is 0 Å². The molecular formula is C18H25BO4. The minimum Gasteiger partial charge on any atom is -0.461 e. The lowest BCUT2D eigenvalue weighted by Crippen LogP contribution is -2.45. The Morgan fingerprint density at radius 2 is 2.04 bits per heavy atom. The first-order valence-electron chi connectivity index (χ1n) is 8.07. The number of rotatable bonds is 6. The third-order valence-electron chi connectivity index (χ3n) is 4.50. The fourth-order valence-corrected chi connectivity index (χ4v) is 2.55. The van der Waals surface area contributed by atoms with Crippen LogP contribution in [0.5, 0.6) is 0 Å². The summed E-state index contributed by atoms with van der Waals surface area (Å²) in [6.07, 6.45) is -0.214. The van der Waals surface area contributed by atoms with E-state index in [9.17, 15) is 4.79 Å². The van der Waals surface area contributed by atoms with Crippen molar-refractivity contribution in [1.29, 1.82) is 0 Å². The van der Waals surface area contributed by atoms with Crippen LogP contribution in [0, 0.1) is 11.8 Å². The first-order valence-corrected chi connectivity index (χ1v) is 8.07. The topological polar surface area (TPSA) is 44.8 Å². The maximum absolute atomic E-state index is 12.3. The van der Waals surface area contributed by atoms with Crippen molar-refractivity contribution in [1.82, 2.24) is 0 Å². The molecule has 1 fully saturated rings. The van der Waals surface area contributed by atoms with Crippen LogP contribution in [0.1, 0.15) is 33.3 Å². The minimum absolute atomic E-state index is 0.205. The van der Waals surface area contributed by atoms with E-state index in [1.54, 1.807) is 0 Å². The van der Waals surface area contributed by atoms with Gasteiger partial charge in [-0.1, -0.05) is 37.3 Å². The molecule has 23 heavy (non-hydrogen) atoms. The number of benzene rings is 1. The highest BCUT2D eigenvalue weighted by molar-refractivity contribution is 6.11. The number of ether oxygens (including phenoxy) is 3. The van der Waals surface area contributed by atoms with E-state index in [0.29, 0.717) is 6.61 Å². The Morgan fingerprint density at radius 3 is 2.61 bits per heavy atom. The van der Waals surface area contributed by atoms with Crippen molar-refractivity contribution in [2.45, 2.75) is 52.0 Å². The summed E-state index contributed by atoms with van der Waals surface area (Å²) in [5.74, 6) is -0.484. The fourth-order valence-electron chi connectivity index (χ4n) is 2.55. The van der Waals surface area contributed by atoms with Gasteiger partial charge in [0.15, 0.2) is 0 Å². The SMILES string of the molecule is [B][C@@H]1OCC(C)C1OC(C)(C)C(C)C(=O)OCc1ccccc1. The van der Waals surface area contributed by atoms with Crippen LogP contribution in [-0.4, -0.2) is 38.1 Å². The average molecular weight is 316 g/mol. The van der Waals surface area contributed by atoms with Crippen LogP contribution in [0.2, 0.25) is 0 Å². The Labute approximate surface area is 139 Å². The maximum atomic E-state index is 12.3. The van der Waals surface area contributed by atoms with Gasteiger partial charge >= 0.3 is 5.97 Å². The second kappa shape index (κ2) is 7.50. The number of hydrogen-bond donors (Lipinski definition) is 0. The fraction of sp³-hybridized carbons (Fsp3) is 0.611. The molecular weight excluding hydrogens is 291 g/mol. The molecule has 2 rings (SSSR count). The normalized spacial score (nSPS) is 26.0. The summed E-state index contributed by atoms with van der Waals surface area (Å²) >= 11 is 0. The average Bonchev–Trinajstić information content (AvgIpc) is 2.84. The molecule has 0 N–H and O–H groups in total. The summed E-state index contributed by atoms with van der Waals surface area (Å²) in [7, 11) is 5.92. The summed E-state index contributed by atoms with van der Waals surface area (Å²) in [5, 5.41) is 0. The highest BCUT2D eigenvalue weighted by Gasteiger charge is 2.41. The van der Waals surface area contributed by atoms with Gasteiger partial charge < -0.3 is 14.2 Å². The Bertz CT molecular complexity index is 507. The molecule has 0 saturated carbocycles. The van der Waals surface area contributed by atoms with E-state index < -0.39 is 17.5 Å². The Hall–Kier alpha value is -1.33. The molecule has 0 amide bonds. The van der Waals surface area contributed by atoms with E-state index in [1.807, 2.05) is 58.0 Å². The van der Waals surface area contributed by atoms with Crippen molar-refractivity contribution in [2.24, 2.45) is 11.8 Å².